The Hall–Kier alpha value is -1.13. The molecule has 102 valence electrons. The summed E-state index contributed by atoms with van der Waals surface area (Å²) in [6.45, 7) is 1.45. The summed E-state index contributed by atoms with van der Waals surface area (Å²) in [5, 5.41) is 12.0. The van der Waals surface area contributed by atoms with Gasteiger partial charge in [-0.05, 0) is 31.2 Å². The molecule has 0 spiro atoms. The Morgan fingerprint density at radius 3 is 2.79 bits per heavy atom. The van der Waals surface area contributed by atoms with Crippen molar-refractivity contribution in [3.63, 3.8) is 0 Å². The van der Waals surface area contributed by atoms with Crippen LogP contribution in [0.25, 0.3) is 0 Å². The Labute approximate surface area is 117 Å². The number of rotatable bonds is 3. The van der Waals surface area contributed by atoms with Gasteiger partial charge in [-0.1, -0.05) is 11.6 Å². The highest BCUT2D eigenvalue weighted by molar-refractivity contribution is 7.89. The van der Waals surface area contributed by atoms with Gasteiger partial charge in [0.05, 0.1) is 16.7 Å². The number of nitrogens with zero attached hydrogens (tertiary/aromatic N) is 2. The van der Waals surface area contributed by atoms with E-state index in [0.29, 0.717) is 12.1 Å². The molecule has 1 N–H and O–H groups in total. The highest BCUT2D eigenvalue weighted by Gasteiger charge is 2.31. The molecule has 1 aliphatic rings. The molecule has 0 saturated carbocycles. The molecular formula is C12H14ClN3O2S. The number of halogens is 1. The van der Waals surface area contributed by atoms with Crippen LogP contribution >= 0.6 is 11.6 Å². The van der Waals surface area contributed by atoms with Crippen LogP contribution in [0.4, 0.5) is 0 Å². The molecule has 0 amide bonds. The van der Waals surface area contributed by atoms with Crippen molar-refractivity contribution in [1.29, 1.82) is 5.26 Å². The van der Waals surface area contributed by atoms with Crippen molar-refractivity contribution in [1.82, 2.24) is 9.62 Å². The summed E-state index contributed by atoms with van der Waals surface area (Å²) in [6.07, 6.45) is 0.781. The first-order valence-electron chi connectivity index (χ1n) is 5.85. The van der Waals surface area contributed by atoms with E-state index in [0.717, 1.165) is 13.0 Å². The molecule has 1 unspecified atom stereocenters. The van der Waals surface area contributed by atoms with Gasteiger partial charge >= 0.3 is 0 Å². The molecule has 1 aliphatic heterocycles. The van der Waals surface area contributed by atoms with Crippen LogP contribution in [0.5, 0.6) is 0 Å². The zero-order chi connectivity index (χ0) is 14.0. The minimum atomic E-state index is -3.63. The first kappa shape index (κ1) is 14.3. The van der Waals surface area contributed by atoms with E-state index in [1.54, 1.807) is 7.05 Å². The second-order valence-electron chi connectivity index (χ2n) is 4.42. The Balaban J connectivity index is 2.36. The van der Waals surface area contributed by atoms with Crippen LogP contribution < -0.4 is 5.32 Å². The summed E-state index contributed by atoms with van der Waals surface area (Å²) < 4.78 is 26.3. The third kappa shape index (κ3) is 2.74. The Morgan fingerprint density at radius 1 is 1.53 bits per heavy atom. The summed E-state index contributed by atoms with van der Waals surface area (Å²) in [4.78, 5) is 0.0440. The normalized spacial score (nSPS) is 19.6. The number of benzene rings is 1. The van der Waals surface area contributed by atoms with Crippen molar-refractivity contribution >= 4 is 21.6 Å². The lowest BCUT2D eigenvalue weighted by atomic mass is 10.2. The second kappa shape index (κ2) is 5.47. The second-order valence-corrected chi connectivity index (χ2v) is 6.80. The van der Waals surface area contributed by atoms with Crippen molar-refractivity contribution in [2.75, 3.05) is 20.1 Å². The Kier molecular flexibility index (Phi) is 4.11. The van der Waals surface area contributed by atoms with Crippen LogP contribution in [0, 0.1) is 11.3 Å². The SMILES string of the molecule is CN(C1CCNC1)S(=O)(=O)c1ccc(C#N)cc1Cl. The number of nitriles is 1. The molecule has 0 aliphatic carbocycles. The molecule has 0 aromatic heterocycles. The average molecular weight is 300 g/mol. The van der Waals surface area contributed by atoms with E-state index in [1.807, 2.05) is 6.07 Å². The fourth-order valence-corrected chi connectivity index (χ4v) is 3.98. The molecule has 1 aromatic rings. The molecule has 1 aromatic carbocycles. The van der Waals surface area contributed by atoms with Gasteiger partial charge in [0, 0.05) is 19.6 Å². The van der Waals surface area contributed by atoms with E-state index in [9.17, 15) is 8.42 Å². The monoisotopic (exact) mass is 299 g/mol. The molecule has 1 saturated heterocycles. The Bertz CT molecular complexity index is 618. The maximum atomic E-state index is 12.5. The van der Waals surface area contributed by atoms with Gasteiger partial charge in [0.15, 0.2) is 0 Å². The van der Waals surface area contributed by atoms with Crippen molar-refractivity contribution in [3.05, 3.63) is 28.8 Å². The third-order valence-corrected chi connectivity index (χ3v) is 5.66. The lowest BCUT2D eigenvalue weighted by Gasteiger charge is -2.23. The molecule has 19 heavy (non-hydrogen) atoms. The third-order valence-electron chi connectivity index (χ3n) is 3.27. The van der Waals surface area contributed by atoms with Crippen LogP contribution in [-0.4, -0.2) is 38.9 Å². The minimum absolute atomic E-state index is 0.0440. The lowest BCUT2D eigenvalue weighted by Crippen LogP contribution is -2.38. The van der Waals surface area contributed by atoms with E-state index >= 15 is 0 Å². The maximum Gasteiger partial charge on any atom is 0.244 e. The molecule has 0 bridgehead atoms. The molecule has 1 atom stereocenters. The molecular weight excluding hydrogens is 286 g/mol. The predicted octanol–water partition coefficient (Wildman–Crippen LogP) is 1.19. The zero-order valence-corrected chi connectivity index (χ0v) is 12.0. The van der Waals surface area contributed by atoms with Gasteiger partial charge in [0.2, 0.25) is 10.0 Å². The van der Waals surface area contributed by atoms with Crippen LogP contribution in [0.3, 0.4) is 0 Å². The van der Waals surface area contributed by atoms with E-state index in [-0.39, 0.29) is 16.0 Å². The smallest absolute Gasteiger partial charge is 0.244 e. The van der Waals surface area contributed by atoms with Gasteiger partial charge in [0.1, 0.15) is 4.90 Å². The minimum Gasteiger partial charge on any atom is -0.315 e. The van der Waals surface area contributed by atoms with Crippen LogP contribution in [0.15, 0.2) is 23.1 Å². The summed E-state index contributed by atoms with van der Waals surface area (Å²) in [6, 6.07) is 6.08. The Morgan fingerprint density at radius 2 is 2.26 bits per heavy atom. The number of sulfonamides is 1. The first-order valence-corrected chi connectivity index (χ1v) is 7.67. The van der Waals surface area contributed by atoms with Crippen molar-refractivity contribution in [2.45, 2.75) is 17.4 Å². The number of nitrogens with one attached hydrogen (secondary N) is 1. The number of likely N-dealkylation sites (N-methyl/N-ethyl adjacent to an activating group) is 1. The first-order chi connectivity index (χ1) is 8.96. The lowest BCUT2D eigenvalue weighted by molar-refractivity contribution is 0.388. The van der Waals surface area contributed by atoms with Gasteiger partial charge in [-0.25, -0.2) is 8.42 Å². The van der Waals surface area contributed by atoms with E-state index < -0.39 is 10.0 Å². The van der Waals surface area contributed by atoms with Gasteiger partial charge in [-0.2, -0.15) is 9.57 Å². The summed E-state index contributed by atoms with van der Waals surface area (Å²) in [5.74, 6) is 0. The van der Waals surface area contributed by atoms with E-state index in [4.69, 9.17) is 16.9 Å². The summed E-state index contributed by atoms with van der Waals surface area (Å²) in [5.41, 5.74) is 0.342. The fraction of sp³-hybridized carbons (Fsp3) is 0.417. The molecule has 1 heterocycles. The summed E-state index contributed by atoms with van der Waals surface area (Å²) >= 11 is 5.97. The van der Waals surface area contributed by atoms with Crippen molar-refractivity contribution < 1.29 is 8.42 Å². The fourth-order valence-electron chi connectivity index (χ4n) is 2.08. The standard InChI is InChI=1S/C12H14ClN3O2S/c1-16(10-4-5-15-8-10)19(17,18)12-3-2-9(7-14)6-11(12)13/h2-3,6,10,15H,4-5,8H2,1H3. The molecule has 2 rings (SSSR count). The quantitative estimate of drug-likeness (QED) is 0.910. The van der Waals surface area contributed by atoms with Gasteiger partial charge in [-0.3, -0.25) is 0 Å². The van der Waals surface area contributed by atoms with Gasteiger partial charge in [-0.15, -0.1) is 0 Å². The predicted molar refractivity (Wildman–Crippen MR) is 72.4 cm³/mol. The average Bonchev–Trinajstić information content (AvgIpc) is 2.90. The van der Waals surface area contributed by atoms with E-state index in [2.05, 4.69) is 5.32 Å². The van der Waals surface area contributed by atoms with Crippen LogP contribution in [0.2, 0.25) is 5.02 Å². The molecule has 1 fully saturated rings. The molecule has 5 nitrogen and oxygen atoms in total. The van der Waals surface area contributed by atoms with Gasteiger partial charge in [0.25, 0.3) is 0 Å². The largest absolute Gasteiger partial charge is 0.315 e. The molecule has 0 radical (unpaired) electrons. The van der Waals surface area contributed by atoms with Crippen LogP contribution in [0.1, 0.15) is 12.0 Å². The zero-order valence-electron chi connectivity index (χ0n) is 10.4. The van der Waals surface area contributed by atoms with Gasteiger partial charge < -0.3 is 5.32 Å². The number of hydrogen-bond acceptors (Lipinski definition) is 4. The number of hydrogen-bond donors (Lipinski definition) is 1. The van der Waals surface area contributed by atoms with Crippen molar-refractivity contribution in [3.8, 4) is 6.07 Å². The topological polar surface area (TPSA) is 73.2 Å². The van der Waals surface area contributed by atoms with Crippen LogP contribution in [-0.2, 0) is 10.0 Å². The maximum absolute atomic E-state index is 12.5. The highest BCUT2D eigenvalue weighted by atomic mass is 35.5. The van der Waals surface area contributed by atoms with Crippen molar-refractivity contribution in [2.24, 2.45) is 0 Å². The summed E-state index contributed by atoms with van der Waals surface area (Å²) in [7, 11) is -2.07. The highest BCUT2D eigenvalue weighted by Crippen LogP contribution is 2.26. The molecule has 7 heteroatoms. The van der Waals surface area contributed by atoms with E-state index in [1.165, 1.54) is 22.5 Å².